The molecule has 4 heteroatoms. The van der Waals surface area contributed by atoms with E-state index < -0.39 is 11.6 Å². The standard InChI is InChI=1S/C12H18F2N2/c1-15-6-3-7-16(2)9-10-4-5-11(13)12(14)8-10/h4-5,8,15H,3,6-7,9H2,1-2H3. The summed E-state index contributed by atoms with van der Waals surface area (Å²) in [5.41, 5.74) is 0.797. The Labute approximate surface area is 95.3 Å². The third kappa shape index (κ3) is 4.24. The fourth-order valence-electron chi connectivity index (χ4n) is 1.55. The van der Waals surface area contributed by atoms with Crippen molar-refractivity contribution in [3.05, 3.63) is 35.4 Å². The highest BCUT2D eigenvalue weighted by Crippen LogP contribution is 2.10. The van der Waals surface area contributed by atoms with E-state index in [4.69, 9.17) is 0 Å². The molecule has 0 spiro atoms. The van der Waals surface area contributed by atoms with E-state index in [9.17, 15) is 8.78 Å². The van der Waals surface area contributed by atoms with Crippen LogP contribution in [0.15, 0.2) is 18.2 Å². The Morgan fingerprint density at radius 3 is 2.62 bits per heavy atom. The Morgan fingerprint density at radius 1 is 1.25 bits per heavy atom. The molecule has 0 aliphatic rings. The average molecular weight is 228 g/mol. The monoisotopic (exact) mass is 228 g/mol. The predicted molar refractivity (Wildman–Crippen MR) is 61.2 cm³/mol. The summed E-state index contributed by atoms with van der Waals surface area (Å²) in [5, 5.41) is 3.07. The molecular weight excluding hydrogens is 210 g/mol. The first-order chi connectivity index (χ1) is 7.63. The summed E-state index contributed by atoms with van der Waals surface area (Å²) in [6, 6.07) is 4.04. The fourth-order valence-corrected chi connectivity index (χ4v) is 1.55. The van der Waals surface area contributed by atoms with Gasteiger partial charge < -0.3 is 10.2 Å². The molecule has 1 aromatic rings. The van der Waals surface area contributed by atoms with Crippen LogP contribution < -0.4 is 5.32 Å². The first-order valence-electron chi connectivity index (χ1n) is 5.40. The number of nitrogens with zero attached hydrogens (tertiary/aromatic N) is 1. The minimum absolute atomic E-state index is 0.640. The van der Waals surface area contributed by atoms with E-state index in [2.05, 4.69) is 10.2 Å². The molecule has 0 saturated heterocycles. The molecule has 2 nitrogen and oxygen atoms in total. The average Bonchev–Trinajstić information content (AvgIpc) is 2.24. The number of halogens is 2. The van der Waals surface area contributed by atoms with E-state index in [1.54, 1.807) is 6.07 Å². The second kappa shape index (κ2) is 6.55. The van der Waals surface area contributed by atoms with Gasteiger partial charge in [-0.1, -0.05) is 6.07 Å². The molecule has 0 aliphatic heterocycles. The molecule has 0 bridgehead atoms. The van der Waals surface area contributed by atoms with Gasteiger partial charge in [0.15, 0.2) is 11.6 Å². The van der Waals surface area contributed by atoms with Gasteiger partial charge in [0.25, 0.3) is 0 Å². The smallest absolute Gasteiger partial charge is 0.159 e. The molecule has 0 amide bonds. The van der Waals surface area contributed by atoms with Gasteiger partial charge in [0, 0.05) is 6.54 Å². The van der Waals surface area contributed by atoms with Crippen LogP contribution in [0.2, 0.25) is 0 Å². The van der Waals surface area contributed by atoms with Gasteiger partial charge in [0.1, 0.15) is 0 Å². The summed E-state index contributed by atoms with van der Waals surface area (Å²) in [7, 11) is 3.88. The summed E-state index contributed by atoms with van der Waals surface area (Å²) in [6.07, 6.45) is 1.04. The van der Waals surface area contributed by atoms with Gasteiger partial charge in [-0.15, -0.1) is 0 Å². The normalized spacial score (nSPS) is 11.1. The van der Waals surface area contributed by atoms with Crippen molar-refractivity contribution in [3.63, 3.8) is 0 Å². The van der Waals surface area contributed by atoms with Crippen molar-refractivity contribution >= 4 is 0 Å². The van der Waals surface area contributed by atoms with Crippen LogP contribution in [0.3, 0.4) is 0 Å². The molecule has 16 heavy (non-hydrogen) atoms. The molecule has 1 N–H and O–H groups in total. The summed E-state index contributed by atoms with van der Waals surface area (Å²) in [6.45, 7) is 2.53. The fraction of sp³-hybridized carbons (Fsp3) is 0.500. The van der Waals surface area contributed by atoms with Crippen molar-refractivity contribution in [1.29, 1.82) is 0 Å². The largest absolute Gasteiger partial charge is 0.320 e. The Balaban J connectivity index is 2.43. The Morgan fingerprint density at radius 2 is 2.00 bits per heavy atom. The molecule has 0 aliphatic carbocycles. The lowest BCUT2D eigenvalue weighted by Crippen LogP contribution is -2.22. The molecular formula is C12H18F2N2. The first kappa shape index (κ1) is 13.1. The van der Waals surface area contributed by atoms with E-state index in [0.717, 1.165) is 25.1 Å². The van der Waals surface area contributed by atoms with Crippen LogP contribution in [0, 0.1) is 11.6 Å². The van der Waals surface area contributed by atoms with E-state index in [1.165, 1.54) is 12.1 Å². The van der Waals surface area contributed by atoms with Crippen molar-refractivity contribution in [3.8, 4) is 0 Å². The van der Waals surface area contributed by atoms with Crippen molar-refractivity contribution in [2.45, 2.75) is 13.0 Å². The van der Waals surface area contributed by atoms with E-state index in [1.807, 2.05) is 14.1 Å². The summed E-state index contributed by atoms with van der Waals surface area (Å²) < 4.78 is 25.6. The van der Waals surface area contributed by atoms with E-state index >= 15 is 0 Å². The second-order valence-corrected chi connectivity index (χ2v) is 3.94. The van der Waals surface area contributed by atoms with E-state index in [-0.39, 0.29) is 0 Å². The van der Waals surface area contributed by atoms with Gasteiger partial charge in [-0.05, 0) is 51.3 Å². The van der Waals surface area contributed by atoms with Crippen LogP contribution in [-0.2, 0) is 6.54 Å². The van der Waals surface area contributed by atoms with Gasteiger partial charge >= 0.3 is 0 Å². The number of hydrogen-bond donors (Lipinski definition) is 1. The number of rotatable bonds is 6. The molecule has 1 aromatic carbocycles. The third-order valence-corrected chi connectivity index (χ3v) is 2.40. The number of hydrogen-bond acceptors (Lipinski definition) is 2. The first-order valence-corrected chi connectivity index (χ1v) is 5.40. The minimum Gasteiger partial charge on any atom is -0.320 e. The zero-order valence-corrected chi connectivity index (χ0v) is 9.76. The molecule has 0 unspecified atom stereocenters. The van der Waals surface area contributed by atoms with E-state index in [0.29, 0.717) is 6.54 Å². The van der Waals surface area contributed by atoms with Gasteiger partial charge in [-0.25, -0.2) is 8.78 Å². The van der Waals surface area contributed by atoms with Crippen LogP contribution in [0.4, 0.5) is 8.78 Å². The molecule has 0 radical (unpaired) electrons. The summed E-state index contributed by atoms with van der Waals surface area (Å²) in [5.74, 6) is -1.57. The van der Waals surface area contributed by atoms with Crippen LogP contribution in [0.5, 0.6) is 0 Å². The van der Waals surface area contributed by atoms with Crippen molar-refractivity contribution in [1.82, 2.24) is 10.2 Å². The van der Waals surface area contributed by atoms with Crippen molar-refractivity contribution < 1.29 is 8.78 Å². The maximum absolute atomic E-state index is 12.9. The zero-order valence-electron chi connectivity index (χ0n) is 9.76. The van der Waals surface area contributed by atoms with Crippen molar-refractivity contribution in [2.75, 3.05) is 27.2 Å². The molecule has 90 valence electrons. The van der Waals surface area contributed by atoms with Crippen LogP contribution >= 0.6 is 0 Å². The van der Waals surface area contributed by atoms with Crippen molar-refractivity contribution in [2.24, 2.45) is 0 Å². The maximum atomic E-state index is 12.9. The lowest BCUT2D eigenvalue weighted by Gasteiger charge is -2.16. The highest BCUT2D eigenvalue weighted by Gasteiger charge is 2.04. The second-order valence-electron chi connectivity index (χ2n) is 3.94. The van der Waals surface area contributed by atoms with Gasteiger partial charge in [0.05, 0.1) is 0 Å². The maximum Gasteiger partial charge on any atom is 0.159 e. The Hall–Kier alpha value is -1.00. The predicted octanol–water partition coefficient (Wildman–Crippen LogP) is 2.01. The van der Waals surface area contributed by atoms with Gasteiger partial charge in [-0.3, -0.25) is 0 Å². The molecule has 1 rings (SSSR count). The Kier molecular flexibility index (Phi) is 5.35. The number of benzene rings is 1. The topological polar surface area (TPSA) is 15.3 Å². The van der Waals surface area contributed by atoms with Crippen LogP contribution in [0.1, 0.15) is 12.0 Å². The third-order valence-electron chi connectivity index (χ3n) is 2.40. The quantitative estimate of drug-likeness (QED) is 0.749. The highest BCUT2D eigenvalue weighted by molar-refractivity contribution is 5.17. The molecule has 0 heterocycles. The zero-order chi connectivity index (χ0) is 12.0. The minimum atomic E-state index is -0.790. The molecule has 0 aromatic heterocycles. The molecule has 0 fully saturated rings. The Bertz CT molecular complexity index is 329. The van der Waals surface area contributed by atoms with Gasteiger partial charge in [-0.2, -0.15) is 0 Å². The number of nitrogens with one attached hydrogen (secondary N) is 1. The summed E-state index contributed by atoms with van der Waals surface area (Å²) >= 11 is 0. The van der Waals surface area contributed by atoms with Crippen LogP contribution in [-0.4, -0.2) is 32.1 Å². The van der Waals surface area contributed by atoms with Crippen LogP contribution in [0.25, 0.3) is 0 Å². The van der Waals surface area contributed by atoms with Gasteiger partial charge in [0.2, 0.25) is 0 Å². The molecule has 0 saturated carbocycles. The molecule has 0 atom stereocenters. The lowest BCUT2D eigenvalue weighted by molar-refractivity contribution is 0.320. The summed E-state index contributed by atoms with van der Waals surface area (Å²) in [4.78, 5) is 2.09. The SMILES string of the molecule is CNCCCN(C)Cc1ccc(F)c(F)c1. The lowest BCUT2D eigenvalue weighted by atomic mass is 10.2. The highest BCUT2D eigenvalue weighted by atomic mass is 19.2.